The number of hydrogen-bond donors (Lipinski definition) is 3. The number of methoxy groups -OCH3 is 1. The predicted octanol–water partition coefficient (Wildman–Crippen LogP) is 5.04. The molecule has 3 N–H and O–H groups in total. The molecule has 0 radical (unpaired) electrons. The van der Waals surface area contributed by atoms with Crippen molar-refractivity contribution in [3.63, 3.8) is 0 Å². The second-order valence-electron chi connectivity index (χ2n) is 12.8. The summed E-state index contributed by atoms with van der Waals surface area (Å²) in [4.78, 5) is 38.9. The number of benzene rings is 2. The van der Waals surface area contributed by atoms with Gasteiger partial charge in [0.2, 0.25) is 5.91 Å². The second kappa shape index (κ2) is 12.7. The molecule has 0 spiro atoms. The molecule has 9 nitrogen and oxygen atoms in total. The zero-order valence-corrected chi connectivity index (χ0v) is 25.1. The first-order valence-electron chi connectivity index (χ1n) is 15.3. The lowest BCUT2D eigenvalue weighted by Crippen LogP contribution is -2.50. The number of aliphatic carboxylic acids is 1. The molecule has 228 valence electrons. The number of carbonyl (C=O) groups excluding carboxylic acids is 2. The van der Waals surface area contributed by atoms with Crippen molar-refractivity contribution >= 4 is 17.8 Å². The van der Waals surface area contributed by atoms with Crippen LogP contribution in [-0.2, 0) is 9.59 Å². The summed E-state index contributed by atoms with van der Waals surface area (Å²) in [6, 6.07) is 15.0. The molecule has 0 saturated heterocycles. The largest absolute Gasteiger partial charge is 0.496 e. The predicted molar refractivity (Wildman–Crippen MR) is 160 cm³/mol. The van der Waals surface area contributed by atoms with Crippen molar-refractivity contribution in [1.29, 1.82) is 5.26 Å². The van der Waals surface area contributed by atoms with E-state index in [4.69, 9.17) is 9.47 Å². The average Bonchev–Trinajstić information content (AvgIpc) is 3.63. The van der Waals surface area contributed by atoms with E-state index in [0.29, 0.717) is 32.2 Å². The highest BCUT2D eigenvalue weighted by Gasteiger charge is 2.51. The number of fused-ring (bicyclic) bond motifs is 2. The molecule has 2 aromatic carbocycles. The molecule has 0 aliphatic heterocycles. The number of rotatable bonds is 10. The van der Waals surface area contributed by atoms with Crippen molar-refractivity contribution in [2.75, 3.05) is 13.7 Å². The van der Waals surface area contributed by atoms with Crippen LogP contribution in [0.1, 0.15) is 86.2 Å². The van der Waals surface area contributed by atoms with Crippen molar-refractivity contribution in [3.8, 4) is 17.6 Å². The van der Waals surface area contributed by atoms with Gasteiger partial charge in [-0.3, -0.25) is 14.4 Å². The molecule has 2 aromatic rings. The molecule has 3 fully saturated rings. The van der Waals surface area contributed by atoms with Gasteiger partial charge in [-0.05, 0) is 81.3 Å². The van der Waals surface area contributed by atoms with Gasteiger partial charge in [-0.1, -0.05) is 37.3 Å². The van der Waals surface area contributed by atoms with Crippen LogP contribution in [0.5, 0.6) is 11.5 Å². The quantitative estimate of drug-likeness (QED) is 0.354. The molecule has 43 heavy (non-hydrogen) atoms. The minimum atomic E-state index is -0.814. The molecular formula is C34H41N3O6. The highest BCUT2D eigenvalue weighted by atomic mass is 16.5. The molecule has 0 aromatic heterocycles. The number of carbonyl (C=O) groups is 3. The lowest BCUT2D eigenvalue weighted by molar-refractivity contribution is -0.150. The number of nitrogens with one attached hydrogen (secondary N) is 2. The molecule has 2 amide bonds. The van der Waals surface area contributed by atoms with E-state index in [1.165, 1.54) is 13.2 Å². The van der Waals surface area contributed by atoms with Gasteiger partial charge in [-0.2, -0.15) is 5.26 Å². The van der Waals surface area contributed by atoms with Gasteiger partial charge in [0.25, 0.3) is 5.91 Å². The first-order valence-corrected chi connectivity index (χ1v) is 15.3. The average molecular weight is 588 g/mol. The van der Waals surface area contributed by atoms with Gasteiger partial charge < -0.3 is 25.2 Å². The molecule has 0 heterocycles. The zero-order chi connectivity index (χ0) is 30.7. The third kappa shape index (κ3) is 6.34. The lowest BCUT2D eigenvalue weighted by atomic mass is 9.75. The fourth-order valence-corrected chi connectivity index (χ4v) is 7.21. The monoisotopic (exact) mass is 587 g/mol. The maximum Gasteiger partial charge on any atom is 0.309 e. The van der Waals surface area contributed by atoms with Gasteiger partial charge in [0.15, 0.2) is 0 Å². The van der Waals surface area contributed by atoms with Crippen LogP contribution >= 0.6 is 0 Å². The van der Waals surface area contributed by atoms with Crippen LogP contribution in [-0.4, -0.2) is 48.7 Å². The fourth-order valence-electron chi connectivity index (χ4n) is 7.21. The van der Waals surface area contributed by atoms with Gasteiger partial charge in [-0.15, -0.1) is 0 Å². The SMILES string of the molecule is COc1cc(C#N)c(OC2CCC(C)(C(=O)O)CC2)cc1C(=O)N[C@@H]1[C@H]2CC[C@H](C2)[C@@H]1C(=O)NC[C@H](C)c1ccccc1. The Balaban J connectivity index is 1.29. The summed E-state index contributed by atoms with van der Waals surface area (Å²) in [6.45, 7) is 4.36. The molecule has 3 saturated carbocycles. The highest BCUT2D eigenvalue weighted by Crippen LogP contribution is 2.49. The Morgan fingerprint density at radius 2 is 1.77 bits per heavy atom. The van der Waals surface area contributed by atoms with Crippen LogP contribution in [0, 0.1) is 34.5 Å². The highest BCUT2D eigenvalue weighted by molar-refractivity contribution is 5.98. The normalized spacial score (nSPS) is 28.4. The van der Waals surface area contributed by atoms with E-state index in [0.717, 1.165) is 24.8 Å². The Labute approximate surface area is 252 Å². The molecule has 5 atom stereocenters. The summed E-state index contributed by atoms with van der Waals surface area (Å²) in [6.07, 6.45) is 4.59. The third-order valence-corrected chi connectivity index (χ3v) is 9.98. The van der Waals surface area contributed by atoms with Crippen molar-refractivity contribution in [2.45, 2.75) is 76.9 Å². The van der Waals surface area contributed by atoms with Crippen molar-refractivity contribution < 1.29 is 29.0 Å². The molecule has 5 rings (SSSR count). The fraction of sp³-hybridized carbons (Fsp3) is 0.529. The number of nitrogens with zero attached hydrogens (tertiary/aromatic N) is 1. The summed E-state index contributed by atoms with van der Waals surface area (Å²) in [5.74, 6) is -0.377. The molecule has 0 unspecified atom stereocenters. The Morgan fingerprint density at radius 3 is 2.42 bits per heavy atom. The number of nitriles is 1. The molecule has 2 bridgehead atoms. The Hall–Kier alpha value is -4.06. The first-order chi connectivity index (χ1) is 20.6. The van der Waals surface area contributed by atoms with Gasteiger partial charge in [0.05, 0.1) is 35.7 Å². The number of ether oxygens (including phenoxy) is 2. The molecule has 9 heteroatoms. The summed E-state index contributed by atoms with van der Waals surface area (Å²) in [7, 11) is 1.45. The second-order valence-corrected chi connectivity index (χ2v) is 12.8. The van der Waals surface area contributed by atoms with Crippen molar-refractivity contribution in [2.24, 2.45) is 23.2 Å². The van der Waals surface area contributed by atoms with E-state index < -0.39 is 11.4 Å². The third-order valence-electron chi connectivity index (χ3n) is 9.98. The molecule has 3 aliphatic rings. The summed E-state index contributed by atoms with van der Waals surface area (Å²) < 4.78 is 11.7. The first kappa shape index (κ1) is 30.4. The molecule has 3 aliphatic carbocycles. The summed E-state index contributed by atoms with van der Waals surface area (Å²) in [5, 5.41) is 25.7. The molecular weight excluding hydrogens is 546 g/mol. The zero-order valence-electron chi connectivity index (χ0n) is 25.1. The number of hydrogen-bond acceptors (Lipinski definition) is 6. The van der Waals surface area contributed by atoms with E-state index in [1.54, 1.807) is 13.0 Å². The van der Waals surface area contributed by atoms with Crippen molar-refractivity contribution in [3.05, 3.63) is 59.2 Å². The maximum absolute atomic E-state index is 13.8. The van der Waals surface area contributed by atoms with E-state index >= 15 is 0 Å². The number of amides is 2. The Morgan fingerprint density at radius 1 is 1.07 bits per heavy atom. The van der Waals surface area contributed by atoms with E-state index in [1.807, 2.05) is 18.2 Å². The van der Waals surface area contributed by atoms with Crippen LogP contribution in [0.25, 0.3) is 0 Å². The van der Waals surface area contributed by atoms with Crippen LogP contribution < -0.4 is 20.1 Å². The van der Waals surface area contributed by atoms with Crippen LogP contribution in [0.2, 0.25) is 0 Å². The van der Waals surface area contributed by atoms with Crippen LogP contribution in [0.3, 0.4) is 0 Å². The lowest BCUT2D eigenvalue weighted by Gasteiger charge is -2.34. The van der Waals surface area contributed by atoms with E-state index in [9.17, 15) is 24.8 Å². The maximum atomic E-state index is 13.8. The smallest absolute Gasteiger partial charge is 0.309 e. The minimum Gasteiger partial charge on any atom is -0.496 e. The number of carboxylic acid groups (broad SMARTS) is 1. The van der Waals surface area contributed by atoms with E-state index in [2.05, 4.69) is 35.8 Å². The van der Waals surface area contributed by atoms with Gasteiger partial charge in [-0.25, -0.2) is 0 Å². The van der Waals surface area contributed by atoms with Crippen molar-refractivity contribution in [1.82, 2.24) is 10.6 Å². The summed E-state index contributed by atoms with van der Waals surface area (Å²) in [5.41, 5.74) is 0.856. The minimum absolute atomic E-state index is 0.0262. The van der Waals surface area contributed by atoms with Gasteiger partial charge in [0, 0.05) is 18.7 Å². The van der Waals surface area contributed by atoms with Gasteiger partial charge >= 0.3 is 5.97 Å². The summed E-state index contributed by atoms with van der Waals surface area (Å²) >= 11 is 0. The number of carboxylic acids is 1. The standard InChI is InChI=1S/C34H41N3O6/c1-20(21-7-5-4-6-8-21)19-36-32(39)29-22-9-10-23(15-22)30(29)37-31(38)26-17-27(24(18-35)16-28(26)42-3)43-25-11-13-34(2,14-12-25)33(40)41/h4-8,16-17,20,22-23,25,29-30H,9-15,19H2,1-3H3,(H,36,39)(H,37,38)(H,40,41)/t20-,22+,23-,25?,29-,30+,34?/m0/s1. The topological polar surface area (TPSA) is 138 Å². The Bertz CT molecular complexity index is 1390. The van der Waals surface area contributed by atoms with E-state index in [-0.39, 0.29) is 70.3 Å². The van der Waals surface area contributed by atoms with Gasteiger partial charge in [0.1, 0.15) is 17.6 Å². The Kier molecular flexibility index (Phi) is 8.95. The van der Waals surface area contributed by atoms with Crippen LogP contribution in [0.15, 0.2) is 42.5 Å². The van der Waals surface area contributed by atoms with Crippen LogP contribution in [0.4, 0.5) is 0 Å².